The smallest absolute Gasteiger partial charge is 0.0796 e. The largest absolute Gasteiger partial charge is 0.396 e. The van der Waals surface area contributed by atoms with Gasteiger partial charge in [0.2, 0.25) is 0 Å². The summed E-state index contributed by atoms with van der Waals surface area (Å²) in [6, 6.07) is 2.52. The molecule has 1 fully saturated rings. The molecular weight excluding hydrogens is 190 g/mol. The quantitative estimate of drug-likeness (QED) is 0.773. The van der Waals surface area contributed by atoms with Gasteiger partial charge < -0.3 is 10.4 Å². The van der Waals surface area contributed by atoms with Crippen LogP contribution in [0.15, 0.2) is 6.07 Å². The van der Waals surface area contributed by atoms with Crippen LogP contribution in [-0.2, 0) is 13.5 Å². The zero-order chi connectivity index (χ0) is 10.7. The third kappa shape index (κ3) is 2.38. The summed E-state index contributed by atoms with van der Waals surface area (Å²) >= 11 is 0. The van der Waals surface area contributed by atoms with Crippen LogP contribution in [0.5, 0.6) is 0 Å². The summed E-state index contributed by atoms with van der Waals surface area (Å²) in [5, 5.41) is 16.9. The maximum Gasteiger partial charge on any atom is 0.0796 e. The molecule has 1 aliphatic heterocycles. The summed E-state index contributed by atoms with van der Waals surface area (Å²) in [5.41, 5.74) is 2.24. The zero-order valence-corrected chi connectivity index (χ0v) is 9.24. The van der Waals surface area contributed by atoms with Crippen molar-refractivity contribution in [3.8, 4) is 0 Å². The third-order valence-corrected chi connectivity index (χ3v) is 3.03. The molecule has 15 heavy (non-hydrogen) atoms. The van der Waals surface area contributed by atoms with Crippen LogP contribution in [0, 0.1) is 0 Å². The second-order valence-electron chi connectivity index (χ2n) is 4.16. The Kier molecular flexibility index (Phi) is 3.38. The van der Waals surface area contributed by atoms with Gasteiger partial charge in [-0.1, -0.05) is 6.42 Å². The van der Waals surface area contributed by atoms with E-state index >= 15 is 0 Å². The van der Waals surface area contributed by atoms with E-state index in [4.69, 9.17) is 5.11 Å². The number of hydrogen-bond donors (Lipinski definition) is 2. The number of aromatic nitrogens is 2. The molecule has 0 bridgehead atoms. The van der Waals surface area contributed by atoms with Gasteiger partial charge in [0.05, 0.1) is 11.7 Å². The predicted molar refractivity (Wildman–Crippen MR) is 58.6 cm³/mol. The summed E-state index contributed by atoms with van der Waals surface area (Å²) in [4.78, 5) is 0. The minimum absolute atomic E-state index is 0.192. The Bertz CT molecular complexity index is 316. The van der Waals surface area contributed by atoms with Gasteiger partial charge in [-0.05, 0) is 25.5 Å². The van der Waals surface area contributed by atoms with Gasteiger partial charge in [0, 0.05) is 25.8 Å². The molecule has 84 valence electrons. The van der Waals surface area contributed by atoms with Crippen molar-refractivity contribution < 1.29 is 5.11 Å². The van der Waals surface area contributed by atoms with E-state index in [9.17, 15) is 0 Å². The van der Waals surface area contributed by atoms with Gasteiger partial charge in [0.25, 0.3) is 0 Å². The molecule has 1 atom stereocenters. The van der Waals surface area contributed by atoms with Crippen molar-refractivity contribution in [1.29, 1.82) is 0 Å². The van der Waals surface area contributed by atoms with Crippen LogP contribution < -0.4 is 5.32 Å². The van der Waals surface area contributed by atoms with E-state index in [0.29, 0.717) is 12.5 Å². The van der Waals surface area contributed by atoms with Gasteiger partial charge >= 0.3 is 0 Å². The van der Waals surface area contributed by atoms with Crippen molar-refractivity contribution >= 4 is 0 Å². The molecule has 2 rings (SSSR count). The van der Waals surface area contributed by atoms with Crippen LogP contribution in [-0.4, -0.2) is 28.0 Å². The molecule has 0 spiro atoms. The van der Waals surface area contributed by atoms with Crippen molar-refractivity contribution in [2.24, 2.45) is 7.05 Å². The van der Waals surface area contributed by atoms with E-state index in [1.165, 1.54) is 19.3 Å². The fourth-order valence-corrected chi connectivity index (χ4v) is 2.15. The molecule has 4 nitrogen and oxygen atoms in total. The lowest BCUT2D eigenvalue weighted by atomic mass is 10.0. The van der Waals surface area contributed by atoms with Crippen LogP contribution in [0.25, 0.3) is 0 Å². The molecule has 0 saturated carbocycles. The first-order chi connectivity index (χ1) is 7.31. The van der Waals surface area contributed by atoms with Gasteiger partial charge in [-0.25, -0.2) is 0 Å². The first-order valence-electron chi connectivity index (χ1n) is 5.68. The second kappa shape index (κ2) is 4.77. The van der Waals surface area contributed by atoms with Crippen LogP contribution in [0.2, 0.25) is 0 Å². The summed E-state index contributed by atoms with van der Waals surface area (Å²) in [6.45, 7) is 1.29. The van der Waals surface area contributed by atoms with Gasteiger partial charge in [-0.3, -0.25) is 4.68 Å². The molecule has 0 amide bonds. The Hall–Kier alpha value is -0.870. The lowest BCUT2D eigenvalue weighted by Gasteiger charge is -2.21. The SMILES string of the molecule is Cn1nc(C2CCCCN2)cc1CCO. The van der Waals surface area contributed by atoms with E-state index in [-0.39, 0.29) is 6.61 Å². The standard InChI is InChI=1S/C11H19N3O/c1-14-9(5-7-15)8-11(13-14)10-4-2-3-6-12-10/h8,10,12,15H,2-7H2,1H3. The first-order valence-corrected chi connectivity index (χ1v) is 5.68. The number of aryl methyl sites for hydroxylation is 1. The fraction of sp³-hybridized carbons (Fsp3) is 0.727. The summed E-state index contributed by atoms with van der Waals surface area (Å²) in [6.07, 6.45) is 4.42. The Morgan fingerprint density at radius 1 is 1.60 bits per heavy atom. The minimum Gasteiger partial charge on any atom is -0.396 e. The maximum absolute atomic E-state index is 8.91. The van der Waals surface area contributed by atoms with Crippen LogP contribution in [0.4, 0.5) is 0 Å². The highest BCUT2D eigenvalue weighted by Gasteiger charge is 2.18. The zero-order valence-electron chi connectivity index (χ0n) is 9.24. The monoisotopic (exact) mass is 209 g/mol. The highest BCUT2D eigenvalue weighted by Crippen LogP contribution is 2.22. The van der Waals surface area contributed by atoms with Crippen LogP contribution >= 0.6 is 0 Å². The van der Waals surface area contributed by atoms with Crippen molar-refractivity contribution in [1.82, 2.24) is 15.1 Å². The molecule has 0 aliphatic carbocycles. The third-order valence-electron chi connectivity index (χ3n) is 3.03. The molecule has 1 aromatic heterocycles. The van der Waals surface area contributed by atoms with Crippen LogP contribution in [0.1, 0.15) is 36.7 Å². The molecule has 2 N–H and O–H groups in total. The highest BCUT2D eigenvalue weighted by molar-refractivity contribution is 5.14. The molecule has 2 heterocycles. The summed E-state index contributed by atoms with van der Waals surface area (Å²) < 4.78 is 1.88. The number of aliphatic hydroxyl groups is 1. The second-order valence-corrected chi connectivity index (χ2v) is 4.16. The van der Waals surface area contributed by atoms with E-state index in [1.54, 1.807) is 0 Å². The maximum atomic E-state index is 8.91. The number of nitrogens with one attached hydrogen (secondary N) is 1. The Labute approximate surface area is 90.3 Å². The molecule has 1 aromatic rings. The normalized spacial score (nSPS) is 21.9. The van der Waals surface area contributed by atoms with Crippen LogP contribution in [0.3, 0.4) is 0 Å². The van der Waals surface area contributed by atoms with Crippen molar-refractivity contribution in [3.05, 3.63) is 17.5 Å². The van der Waals surface area contributed by atoms with Crippen molar-refractivity contribution in [3.63, 3.8) is 0 Å². The van der Waals surface area contributed by atoms with Gasteiger partial charge in [-0.2, -0.15) is 5.10 Å². The van der Waals surface area contributed by atoms with E-state index in [0.717, 1.165) is 17.9 Å². The van der Waals surface area contributed by atoms with Gasteiger partial charge in [0.15, 0.2) is 0 Å². The lowest BCUT2D eigenvalue weighted by molar-refractivity contribution is 0.296. The van der Waals surface area contributed by atoms with Crippen molar-refractivity contribution in [2.75, 3.05) is 13.2 Å². The minimum atomic E-state index is 0.192. The molecule has 0 aromatic carbocycles. The average Bonchev–Trinajstić information content (AvgIpc) is 2.63. The molecule has 1 unspecified atom stereocenters. The summed E-state index contributed by atoms with van der Waals surface area (Å²) in [7, 11) is 1.94. The molecular formula is C11H19N3O. The molecule has 4 heteroatoms. The van der Waals surface area contributed by atoms with E-state index < -0.39 is 0 Å². The average molecular weight is 209 g/mol. The van der Waals surface area contributed by atoms with Gasteiger partial charge in [0.1, 0.15) is 0 Å². The first kappa shape index (κ1) is 10.6. The van der Waals surface area contributed by atoms with Crippen molar-refractivity contribution in [2.45, 2.75) is 31.7 Å². The van der Waals surface area contributed by atoms with E-state index in [1.807, 2.05) is 11.7 Å². The number of hydrogen-bond acceptors (Lipinski definition) is 3. The molecule has 0 radical (unpaired) electrons. The predicted octanol–water partition coefficient (Wildman–Crippen LogP) is 0.769. The topological polar surface area (TPSA) is 50.1 Å². The Morgan fingerprint density at radius 2 is 2.47 bits per heavy atom. The molecule has 1 aliphatic rings. The summed E-state index contributed by atoms with van der Waals surface area (Å²) in [5.74, 6) is 0. The van der Waals surface area contributed by atoms with Gasteiger partial charge in [-0.15, -0.1) is 0 Å². The molecule has 1 saturated heterocycles. The van der Waals surface area contributed by atoms with E-state index in [2.05, 4.69) is 16.5 Å². The number of nitrogens with zero attached hydrogens (tertiary/aromatic N) is 2. The number of aliphatic hydroxyl groups excluding tert-OH is 1. The Morgan fingerprint density at radius 3 is 3.13 bits per heavy atom. The number of piperidine rings is 1. The number of rotatable bonds is 3. The Balaban J connectivity index is 2.10. The fourth-order valence-electron chi connectivity index (χ4n) is 2.15. The highest BCUT2D eigenvalue weighted by atomic mass is 16.3. The lowest BCUT2D eigenvalue weighted by Crippen LogP contribution is -2.27.